The van der Waals surface area contributed by atoms with Crippen LogP contribution < -0.4 is 15.8 Å². The van der Waals surface area contributed by atoms with Crippen molar-refractivity contribution in [1.82, 2.24) is 9.97 Å². The summed E-state index contributed by atoms with van der Waals surface area (Å²) in [5, 5.41) is 12.0. The van der Waals surface area contributed by atoms with E-state index in [-0.39, 0.29) is 0 Å². The van der Waals surface area contributed by atoms with Gasteiger partial charge in [0.05, 0.1) is 15.9 Å². The van der Waals surface area contributed by atoms with Crippen molar-refractivity contribution in [2.45, 2.75) is 38.1 Å². The SMILES string of the molecule is N=C/C(=C\N)c1cc(Oc2ccc3nc(NC4CCCCC4)sc3c2)ccn1. The number of nitrogens with two attached hydrogens (primary N) is 1. The first-order chi connectivity index (χ1) is 13.7. The Labute approximate surface area is 168 Å². The lowest BCUT2D eigenvalue weighted by Crippen LogP contribution is -2.21. The van der Waals surface area contributed by atoms with Gasteiger partial charge in [-0.25, -0.2) is 4.98 Å². The molecule has 0 atom stereocenters. The van der Waals surface area contributed by atoms with Crippen LogP contribution in [0.4, 0.5) is 5.13 Å². The van der Waals surface area contributed by atoms with E-state index in [9.17, 15) is 0 Å². The summed E-state index contributed by atoms with van der Waals surface area (Å²) in [6.45, 7) is 0. The van der Waals surface area contributed by atoms with Crippen LogP contribution in [0.25, 0.3) is 15.8 Å². The van der Waals surface area contributed by atoms with E-state index < -0.39 is 0 Å². The quantitative estimate of drug-likeness (QED) is 0.502. The molecular formula is C21H23N5OS. The van der Waals surface area contributed by atoms with Crippen LogP contribution in [0.1, 0.15) is 37.8 Å². The van der Waals surface area contributed by atoms with Crippen molar-refractivity contribution in [2.75, 3.05) is 5.32 Å². The van der Waals surface area contributed by atoms with Gasteiger partial charge in [0.25, 0.3) is 0 Å². The molecule has 2 heterocycles. The lowest BCUT2D eigenvalue weighted by atomic mass is 9.96. The first-order valence-electron chi connectivity index (χ1n) is 9.49. The topological polar surface area (TPSA) is 96.9 Å². The van der Waals surface area contributed by atoms with E-state index in [2.05, 4.69) is 10.3 Å². The van der Waals surface area contributed by atoms with Gasteiger partial charge in [-0.2, -0.15) is 0 Å². The Balaban J connectivity index is 1.51. The van der Waals surface area contributed by atoms with Gasteiger partial charge in [-0.1, -0.05) is 30.6 Å². The normalized spacial score (nSPS) is 15.5. The smallest absolute Gasteiger partial charge is 0.184 e. The van der Waals surface area contributed by atoms with E-state index in [0.717, 1.165) is 21.1 Å². The van der Waals surface area contributed by atoms with Gasteiger partial charge in [-0.05, 0) is 31.0 Å². The Kier molecular flexibility index (Phi) is 5.53. The van der Waals surface area contributed by atoms with Crippen molar-refractivity contribution >= 4 is 38.5 Å². The zero-order valence-electron chi connectivity index (χ0n) is 15.5. The largest absolute Gasteiger partial charge is 0.457 e. The Morgan fingerprint density at radius 2 is 2.00 bits per heavy atom. The third-order valence-corrected chi connectivity index (χ3v) is 5.84. The minimum atomic E-state index is 0.541. The van der Waals surface area contributed by atoms with E-state index in [1.807, 2.05) is 18.2 Å². The van der Waals surface area contributed by atoms with Gasteiger partial charge >= 0.3 is 0 Å². The van der Waals surface area contributed by atoms with Gasteiger partial charge in [-0.15, -0.1) is 0 Å². The standard InChI is InChI=1S/C21H23N5OS/c22-12-14(13-23)19-10-17(8-9-24-19)27-16-6-7-18-20(11-16)28-21(26-18)25-15-4-2-1-3-5-15/h6-13,15,22H,1-5,23H2,(H,25,26)/b14-13+,22-12?. The molecule has 6 nitrogen and oxygen atoms in total. The fraction of sp³-hybridized carbons (Fsp3) is 0.286. The predicted molar refractivity (Wildman–Crippen MR) is 115 cm³/mol. The van der Waals surface area contributed by atoms with E-state index >= 15 is 0 Å². The van der Waals surface area contributed by atoms with Crippen molar-refractivity contribution in [3.05, 3.63) is 48.4 Å². The number of nitrogens with zero attached hydrogens (tertiary/aromatic N) is 2. The number of hydrogen-bond donors (Lipinski definition) is 3. The molecule has 0 radical (unpaired) electrons. The van der Waals surface area contributed by atoms with Gasteiger partial charge in [0, 0.05) is 42.4 Å². The van der Waals surface area contributed by atoms with Gasteiger partial charge in [-0.3, -0.25) is 4.98 Å². The first kappa shape index (κ1) is 18.4. The number of fused-ring (bicyclic) bond motifs is 1. The first-order valence-corrected chi connectivity index (χ1v) is 10.3. The van der Waals surface area contributed by atoms with E-state index in [0.29, 0.717) is 23.1 Å². The van der Waals surface area contributed by atoms with Gasteiger partial charge in [0.15, 0.2) is 5.13 Å². The fourth-order valence-electron chi connectivity index (χ4n) is 3.43. The van der Waals surface area contributed by atoms with Crippen LogP contribution in [0, 0.1) is 5.41 Å². The van der Waals surface area contributed by atoms with Crippen molar-refractivity contribution < 1.29 is 4.74 Å². The van der Waals surface area contributed by atoms with Crippen molar-refractivity contribution in [3.8, 4) is 11.5 Å². The van der Waals surface area contributed by atoms with Crippen molar-refractivity contribution in [2.24, 2.45) is 5.73 Å². The van der Waals surface area contributed by atoms with Crippen molar-refractivity contribution in [3.63, 3.8) is 0 Å². The Morgan fingerprint density at radius 3 is 2.79 bits per heavy atom. The number of anilines is 1. The second-order valence-corrected chi connectivity index (χ2v) is 7.90. The Morgan fingerprint density at radius 1 is 1.18 bits per heavy atom. The molecule has 1 aliphatic rings. The number of pyridine rings is 1. The molecule has 0 unspecified atom stereocenters. The highest BCUT2D eigenvalue weighted by Gasteiger charge is 2.15. The molecule has 0 bridgehead atoms. The number of nitrogens with one attached hydrogen (secondary N) is 2. The van der Waals surface area contributed by atoms with Crippen LogP contribution in [-0.2, 0) is 0 Å². The van der Waals surface area contributed by atoms with Crippen LogP contribution in [0.3, 0.4) is 0 Å². The van der Waals surface area contributed by atoms with E-state index in [1.54, 1.807) is 29.7 Å². The van der Waals surface area contributed by atoms with Gasteiger partial charge < -0.3 is 21.2 Å². The molecule has 1 aromatic carbocycles. The number of hydrogen-bond acceptors (Lipinski definition) is 7. The molecule has 1 aliphatic carbocycles. The van der Waals surface area contributed by atoms with Crippen LogP contribution in [0.2, 0.25) is 0 Å². The molecule has 0 amide bonds. The minimum Gasteiger partial charge on any atom is -0.457 e. The second-order valence-electron chi connectivity index (χ2n) is 6.87. The number of ether oxygens (including phenoxy) is 1. The molecule has 1 saturated carbocycles. The molecule has 144 valence electrons. The Bertz CT molecular complexity index is 1010. The maximum absolute atomic E-state index is 7.41. The highest BCUT2D eigenvalue weighted by Crippen LogP contribution is 2.33. The summed E-state index contributed by atoms with van der Waals surface area (Å²) >= 11 is 1.66. The molecule has 2 aromatic heterocycles. The van der Waals surface area contributed by atoms with Gasteiger partial charge in [0.1, 0.15) is 11.5 Å². The number of allylic oxidation sites excluding steroid dienone is 1. The summed E-state index contributed by atoms with van der Waals surface area (Å²) in [5.74, 6) is 1.39. The summed E-state index contributed by atoms with van der Waals surface area (Å²) in [6.07, 6.45) is 10.6. The third-order valence-electron chi connectivity index (χ3n) is 4.89. The minimum absolute atomic E-state index is 0.541. The molecule has 1 fully saturated rings. The number of thiazole rings is 1. The number of rotatable bonds is 6. The summed E-state index contributed by atoms with van der Waals surface area (Å²) in [7, 11) is 0. The molecule has 4 rings (SSSR count). The molecule has 28 heavy (non-hydrogen) atoms. The monoisotopic (exact) mass is 393 g/mol. The van der Waals surface area contributed by atoms with Crippen molar-refractivity contribution in [1.29, 1.82) is 5.41 Å². The van der Waals surface area contributed by atoms with E-state index in [1.165, 1.54) is 44.5 Å². The maximum atomic E-state index is 7.41. The predicted octanol–water partition coefficient (Wildman–Crippen LogP) is 5.18. The molecule has 3 aromatic rings. The maximum Gasteiger partial charge on any atom is 0.184 e. The highest BCUT2D eigenvalue weighted by atomic mass is 32.1. The average molecular weight is 394 g/mol. The second kappa shape index (κ2) is 8.39. The van der Waals surface area contributed by atoms with Crippen LogP contribution >= 0.6 is 11.3 Å². The molecule has 7 heteroatoms. The lowest BCUT2D eigenvalue weighted by Gasteiger charge is -2.22. The summed E-state index contributed by atoms with van der Waals surface area (Å²) in [6, 6.07) is 10.0. The van der Waals surface area contributed by atoms with E-state index in [4.69, 9.17) is 20.9 Å². The molecule has 0 spiro atoms. The molecular weight excluding hydrogens is 370 g/mol. The summed E-state index contributed by atoms with van der Waals surface area (Å²) in [5.41, 5.74) is 7.67. The summed E-state index contributed by atoms with van der Waals surface area (Å²) in [4.78, 5) is 8.95. The number of aromatic nitrogens is 2. The lowest BCUT2D eigenvalue weighted by molar-refractivity contribution is 0.462. The number of benzene rings is 1. The van der Waals surface area contributed by atoms with Crippen LogP contribution in [-0.4, -0.2) is 22.2 Å². The fourth-order valence-corrected chi connectivity index (χ4v) is 4.40. The molecule has 0 saturated heterocycles. The zero-order chi connectivity index (χ0) is 19.3. The zero-order valence-corrected chi connectivity index (χ0v) is 16.3. The molecule has 4 N–H and O–H groups in total. The summed E-state index contributed by atoms with van der Waals surface area (Å²) < 4.78 is 7.09. The Hall–Kier alpha value is -2.93. The van der Waals surface area contributed by atoms with Gasteiger partial charge in [0.2, 0.25) is 0 Å². The molecule has 0 aliphatic heterocycles. The van der Waals surface area contributed by atoms with Crippen LogP contribution in [0.5, 0.6) is 11.5 Å². The van der Waals surface area contributed by atoms with Crippen LogP contribution in [0.15, 0.2) is 42.7 Å². The highest BCUT2D eigenvalue weighted by molar-refractivity contribution is 7.22. The third kappa shape index (κ3) is 4.14. The average Bonchev–Trinajstić information content (AvgIpc) is 3.11.